The van der Waals surface area contributed by atoms with Gasteiger partial charge < -0.3 is 19.1 Å². The van der Waals surface area contributed by atoms with Gasteiger partial charge in [-0.15, -0.1) is 0 Å². The van der Waals surface area contributed by atoms with Crippen LogP contribution in [0.1, 0.15) is 39.9 Å². The molecule has 0 saturated carbocycles. The minimum absolute atomic E-state index is 0.0613. The van der Waals surface area contributed by atoms with Crippen LogP contribution in [-0.2, 0) is 34.0 Å². The van der Waals surface area contributed by atoms with E-state index in [0.717, 1.165) is 24.1 Å². The Bertz CT molecular complexity index is 896. The van der Waals surface area contributed by atoms with Crippen LogP contribution in [0.4, 0.5) is 0 Å². The van der Waals surface area contributed by atoms with Crippen LogP contribution in [0.5, 0.6) is 5.75 Å². The summed E-state index contributed by atoms with van der Waals surface area (Å²) >= 11 is 6.13. The lowest BCUT2D eigenvalue weighted by Crippen LogP contribution is -2.23. The molecule has 6 nitrogen and oxygen atoms in total. The maximum Gasteiger partial charge on any atom is 0.338 e. The van der Waals surface area contributed by atoms with E-state index in [4.69, 9.17) is 25.8 Å². The third kappa shape index (κ3) is 4.13. The summed E-state index contributed by atoms with van der Waals surface area (Å²) in [6, 6.07) is 10.7. The Balaban J connectivity index is 1.39. The number of amides is 1. The molecule has 4 rings (SSSR count). The molecule has 2 aliphatic heterocycles. The first kappa shape index (κ1) is 18.8. The van der Waals surface area contributed by atoms with Crippen molar-refractivity contribution in [2.45, 2.75) is 32.6 Å². The van der Waals surface area contributed by atoms with E-state index in [0.29, 0.717) is 41.5 Å². The molecule has 2 aromatic carbocycles. The zero-order valence-electron chi connectivity index (χ0n) is 15.3. The van der Waals surface area contributed by atoms with Gasteiger partial charge in [0, 0.05) is 35.7 Å². The summed E-state index contributed by atoms with van der Waals surface area (Å²) in [6.07, 6.45) is 1.53. The van der Waals surface area contributed by atoms with Gasteiger partial charge >= 0.3 is 5.97 Å². The smallest absolute Gasteiger partial charge is 0.338 e. The molecule has 0 aliphatic carbocycles. The van der Waals surface area contributed by atoms with Gasteiger partial charge in [0.15, 0.2) is 6.79 Å². The largest absolute Gasteiger partial charge is 0.467 e. The topological polar surface area (TPSA) is 65.1 Å². The number of benzene rings is 2. The van der Waals surface area contributed by atoms with Crippen molar-refractivity contribution in [2.24, 2.45) is 0 Å². The van der Waals surface area contributed by atoms with Crippen LogP contribution in [-0.4, -0.2) is 30.1 Å². The highest BCUT2D eigenvalue weighted by Gasteiger charge is 2.20. The van der Waals surface area contributed by atoms with E-state index in [1.165, 1.54) is 0 Å². The lowest BCUT2D eigenvalue weighted by atomic mass is 10.1. The molecule has 0 bridgehead atoms. The van der Waals surface area contributed by atoms with Crippen molar-refractivity contribution in [1.29, 1.82) is 0 Å². The lowest BCUT2D eigenvalue weighted by molar-refractivity contribution is -0.128. The second-order valence-electron chi connectivity index (χ2n) is 6.86. The molecule has 1 amide bonds. The number of carbonyl (C=O) groups excluding carboxylic acids is 2. The fraction of sp³-hybridized carbons (Fsp3) is 0.333. The first-order valence-electron chi connectivity index (χ1n) is 9.16. The molecule has 0 N–H and O–H groups in total. The molecule has 1 fully saturated rings. The van der Waals surface area contributed by atoms with Gasteiger partial charge in [0.05, 0.1) is 12.2 Å². The summed E-state index contributed by atoms with van der Waals surface area (Å²) in [5.74, 6) is 0.416. The molecular weight excluding hydrogens is 382 g/mol. The predicted octanol–water partition coefficient (Wildman–Crippen LogP) is 3.69. The molecule has 2 aliphatic rings. The minimum Gasteiger partial charge on any atom is -0.467 e. The quantitative estimate of drug-likeness (QED) is 0.715. The van der Waals surface area contributed by atoms with Crippen molar-refractivity contribution in [1.82, 2.24) is 4.90 Å². The number of likely N-dealkylation sites (tertiary alicyclic amines) is 1. The fourth-order valence-corrected chi connectivity index (χ4v) is 3.69. The summed E-state index contributed by atoms with van der Waals surface area (Å²) in [4.78, 5) is 26.0. The van der Waals surface area contributed by atoms with E-state index < -0.39 is 5.97 Å². The number of rotatable bonds is 5. The number of nitrogens with zero attached hydrogens (tertiary/aromatic N) is 1. The van der Waals surface area contributed by atoms with E-state index >= 15 is 0 Å². The highest BCUT2D eigenvalue weighted by Crippen LogP contribution is 2.32. The minimum atomic E-state index is -0.426. The van der Waals surface area contributed by atoms with E-state index in [9.17, 15) is 9.59 Å². The molecule has 0 unspecified atom stereocenters. The SMILES string of the molecule is O=C(OCc1cc(Cl)cc2c1OCOC2)c1ccc(CN2CCCC2=O)cc1. The van der Waals surface area contributed by atoms with E-state index in [1.54, 1.807) is 24.3 Å². The molecule has 1 saturated heterocycles. The first-order chi connectivity index (χ1) is 13.6. The van der Waals surface area contributed by atoms with Crippen LogP contribution >= 0.6 is 11.6 Å². The van der Waals surface area contributed by atoms with Gasteiger partial charge in [-0.2, -0.15) is 0 Å². The molecule has 28 heavy (non-hydrogen) atoms. The molecular formula is C21H20ClNO5. The third-order valence-electron chi connectivity index (χ3n) is 4.84. The second kappa shape index (κ2) is 8.20. The Morgan fingerprint density at radius 1 is 1.21 bits per heavy atom. The molecule has 0 aromatic heterocycles. The van der Waals surface area contributed by atoms with Crippen molar-refractivity contribution >= 4 is 23.5 Å². The number of hydrogen-bond acceptors (Lipinski definition) is 5. The number of halogens is 1. The highest BCUT2D eigenvalue weighted by atomic mass is 35.5. The van der Waals surface area contributed by atoms with Crippen molar-refractivity contribution in [3.63, 3.8) is 0 Å². The fourth-order valence-electron chi connectivity index (χ4n) is 3.43. The molecule has 2 heterocycles. The normalized spacial score (nSPS) is 15.9. The summed E-state index contributed by atoms with van der Waals surface area (Å²) in [6.45, 7) is 2.00. The molecule has 146 valence electrons. The van der Waals surface area contributed by atoms with Crippen LogP contribution in [0, 0.1) is 0 Å². The number of carbonyl (C=O) groups is 2. The average molecular weight is 402 g/mol. The van der Waals surface area contributed by atoms with Gasteiger partial charge in [0.25, 0.3) is 0 Å². The zero-order chi connectivity index (χ0) is 19.5. The first-order valence-corrected chi connectivity index (χ1v) is 9.53. The van der Waals surface area contributed by atoms with E-state index in [2.05, 4.69) is 0 Å². The van der Waals surface area contributed by atoms with Crippen LogP contribution in [0.2, 0.25) is 5.02 Å². The van der Waals surface area contributed by atoms with Crippen LogP contribution < -0.4 is 4.74 Å². The number of hydrogen-bond donors (Lipinski definition) is 0. The van der Waals surface area contributed by atoms with Gasteiger partial charge in [-0.05, 0) is 36.2 Å². The number of fused-ring (bicyclic) bond motifs is 1. The third-order valence-corrected chi connectivity index (χ3v) is 5.06. The van der Waals surface area contributed by atoms with Crippen molar-refractivity contribution in [3.8, 4) is 5.75 Å². The van der Waals surface area contributed by atoms with Crippen LogP contribution in [0.15, 0.2) is 36.4 Å². The van der Waals surface area contributed by atoms with E-state index in [-0.39, 0.29) is 19.3 Å². The maximum atomic E-state index is 12.4. The summed E-state index contributed by atoms with van der Waals surface area (Å²) in [5, 5.41) is 0.541. The molecule has 0 spiro atoms. The Morgan fingerprint density at radius 3 is 2.79 bits per heavy atom. The van der Waals surface area contributed by atoms with Gasteiger partial charge in [-0.3, -0.25) is 4.79 Å². The Morgan fingerprint density at radius 2 is 2.04 bits per heavy atom. The average Bonchev–Trinajstić information content (AvgIpc) is 3.11. The van der Waals surface area contributed by atoms with Crippen molar-refractivity contribution in [2.75, 3.05) is 13.3 Å². The Kier molecular flexibility index (Phi) is 5.50. The van der Waals surface area contributed by atoms with Gasteiger partial charge in [0.2, 0.25) is 5.91 Å². The summed E-state index contributed by atoms with van der Waals surface area (Å²) in [7, 11) is 0. The molecule has 0 radical (unpaired) electrons. The highest BCUT2D eigenvalue weighted by molar-refractivity contribution is 6.30. The molecule has 2 aromatic rings. The standard InChI is InChI=1S/C21H20ClNO5/c22-18-8-16-11-26-13-28-20(16)17(9-18)12-27-21(25)15-5-3-14(4-6-15)10-23-7-1-2-19(23)24/h3-6,8-9H,1-2,7,10-13H2. The Labute approximate surface area is 167 Å². The molecule has 0 atom stereocenters. The zero-order valence-corrected chi connectivity index (χ0v) is 16.0. The van der Waals surface area contributed by atoms with Crippen molar-refractivity contribution in [3.05, 3.63) is 63.7 Å². The van der Waals surface area contributed by atoms with Crippen LogP contribution in [0.3, 0.4) is 0 Å². The van der Waals surface area contributed by atoms with Crippen LogP contribution in [0.25, 0.3) is 0 Å². The van der Waals surface area contributed by atoms with Gasteiger partial charge in [-0.1, -0.05) is 23.7 Å². The van der Waals surface area contributed by atoms with Gasteiger partial charge in [0.1, 0.15) is 12.4 Å². The summed E-state index contributed by atoms with van der Waals surface area (Å²) < 4.78 is 16.2. The second-order valence-corrected chi connectivity index (χ2v) is 7.29. The summed E-state index contributed by atoms with van der Waals surface area (Å²) in [5.41, 5.74) is 3.00. The maximum absolute atomic E-state index is 12.4. The number of ether oxygens (including phenoxy) is 3. The van der Waals surface area contributed by atoms with E-state index in [1.807, 2.05) is 17.0 Å². The van der Waals surface area contributed by atoms with Crippen molar-refractivity contribution < 1.29 is 23.8 Å². The molecule has 7 heteroatoms. The monoisotopic (exact) mass is 401 g/mol. The number of esters is 1. The Hall–Kier alpha value is -2.57. The predicted molar refractivity (Wildman–Crippen MR) is 102 cm³/mol. The van der Waals surface area contributed by atoms with Gasteiger partial charge in [-0.25, -0.2) is 4.79 Å². The lowest BCUT2D eigenvalue weighted by Gasteiger charge is -2.21.